The minimum Gasteiger partial charge on any atom is -0.491 e. The lowest BCUT2D eigenvalue weighted by Crippen LogP contribution is -2.42. The number of halogens is 1. The predicted molar refractivity (Wildman–Crippen MR) is 77.9 cm³/mol. The summed E-state index contributed by atoms with van der Waals surface area (Å²) < 4.78 is 12.0. The summed E-state index contributed by atoms with van der Waals surface area (Å²) in [7, 11) is 0. The lowest BCUT2D eigenvalue weighted by atomic mass is 10.3. The number of ether oxygens (including phenoxy) is 2. The van der Waals surface area contributed by atoms with Crippen LogP contribution >= 0.6 is 22.6 Å². The second-order valence-electron chi connectivity index (χ2n) is 4.33. The molecule has 4 nitrogen and oxygen atoms in total. The Hall–Kier alpha value is -0.370. The molecule has 0 saturated carbocycles. The van der Waals surface area contributed by atoms with Crippen molar-refractivity contribution in [1.29, 1.82) is 0 Å². The Kier molecular flexibility index (Phi) is 5.68. The van der Waals surface area contributed by atoms with E-state index >= 15 is 0 Å². The van der Waals surface area contributed by atoms with E-state index in [0.717, 1.165) is 32.1 Å². The molecular weight excluding hydrogens is 345 g/mol. The minimum absolute atomic E-state index is 0.331. The Morgan fingerprint density at radius 1 is 1.28 bits per heavy atom. The van der Waals surface area contributed by atoms with Crippen molar-refractivity contribution in [2.75, 3.05) is 39.5 Å². The van der Waals surface area contributed by atoms with E-state index < -0.39 is 6.10 Å². The van der Waals surface area contributed by atoms with Gasteiger partial charge < -0.3 is 14.6 Å². The van der Waals surface area contributed by atoms with Crippen molar-refractivity contribution in [3.05, 3.63) is 27.8 Å². The average Bonchev–Trinajstić information content (AvgIpc) is 2.39. The van der Waals surface area contributed by atoms with E-state index in [1.54, 1.807) is 0 Å². The number of rotatable bonds is 5. The molecule has 1 heterocycles. The molecule has 1 aromatic rings. The number of aliphatic hydroxyl groups is 1. The summed E-state index contributed by atoms with van der Waals surface area (Å²) >= 11 is 2.25. The molecule has 100 valence electrons. The Bertz CT molecular complexity index is 352. The molecule has 1 aliphatic heterocycles. The highest BCUT2D eigenvalue weighted by atomic mass is 127. The van der Waals surface area contributed by atoms with E-state index in [4.69, 9.17) is 9.47 Å². The molecule has 1 aromatic carbocycles. The van der Waals surface area contributed by atoms with E-state index in [-0.39, 0.29) is 0 Å². The highest BCUT2D eigenvalue weighted by molar-refractivity contribution is 14.1. The average molecular weight is 363 g/mol. The first-order chi connectivity index (χ1) is 8.74. The van der Waals surface area contributed by atoms with Gasteiger partial charge in [-0.25, -0.2) is 0 Å². The molecule has 5 heteroatoms. The second kappa shape index (κ2) is 7.28. The van der Waals surface area contributed by atoms with E-state index in [2.05, 4.69) is 27.5 Å². The molecule has 0 spiro atoms. The maximum Gasteiger partial charge on any atom is 0.119 e. The molecule has 2 rings (SSSR count). The van der Waals surface area contributed by atoms with Gasteiger partial charge in [0, 0.05) is 23.2 Å². The third-order valence-corrected chi connectivity index (χ3v) is 3.55. The van der Waals surface area contributed by atoms with Crippen molar-refractivity contribution in [1.82, 2.24) is 4.90 Å². The number of hydrogen-bond donors (Lipinski definition) is 1. The Balaban J connectivity index is 1.70. The van der Waals surface area contributed by atoms with Crippen LogP contribution in [0.1, 0.15) is 0 Å². The molecular formula is C13H18INO3. The lowest BCUT2D eigenvalue weighted by molar-refractivity contribution is 0.00465. The molecule has 1 aliphatic rings. The number of aliphatic hydroxyl groups excluding tert-OH is 1. The fourth-order valence-electron chi connectivity index (χ4n) is 1.86. The Morgan fingerprint density at radius 2 is 1.94 bits per heavy atom. The minimum atomic E-state index is -0.456. The van der Waals surface area contributed by atoms with Crippen LogP contribution in [0.4, 0.5) is 0 Å². The maximum atomic E-state index is 9.91. The van der Waals surface area contributed by atoms with Crippen LogP contribution in [0.15, 0.2) is 24.3 Å². The van der Waals surface area contributed by atoms with Crippen LogP contribution < -0.4 is 4.74 Å². The molecule has 0 radical (unpaired) electrons. The van der Waals surface area contributed by atoms with Crippen LogP contribution in [0, 0.1) is 3.57 Å². The van der Waals surface area contributed by atoms with Gasteiger partial charge in [-0.05, 0) is 46.9 Å². The number of β-amino-alcohol motifs (C(OH)–C–C–N with tert-alkyl or cyclic N) is 1. The van der Waals surface area contributed by atoms with Gasteiger partial charge in [0.05, 0.1) is 13.2 Å². The zero-order valence-electron chi connectivity index (χ0n) is 10.2. The second-order valence-corrected chi connectivity index (χ2v) is 5.58. The molecule has 0 amide bonds. The molecule has 1 atom stereocenters. The van der Waals surface area contributed by atoms with Crippen LogP contribution in [0.3, 0.4) is 0 Å². The van der Waals surface area contributed by atoms with Crippen molar-refractivity contribution in [3.8, 4) is 5.75 Å². The Morgan fingerprint density at radius 3 is 2.61 bits per heavy atom. The van der Waals surface area contributed by atoms with Gasteiger partial charge in [-0.3, -0.25) is 4.90 Å². The van der Waals surface area contributed by atoms with Crippen LogP contribution in [0.25, 0.3) is 0 Å². The summed E-state index contributed by atoms with van der Waals surface area (Å²) in [6, 6.07) is 7.82. The molecule has 1 N–H and O–H groups in total. The monoisotopic (exact) mass is 363 g/mol. The van der Waals surface area contributed by atoms with Gasteiger partial charge in [-0.2, -0.15) is 0 Å². The normalized spacial score (nSPS) is 18.6. The molecule has 1 unspecified atom stereocenters. The first-order valence-electron chi connectivity index (χ1n) is 6.10. The molecule has 18 heavy (non-hydrogen) atoms. The van der Waals surface area contributed by atoms with Gasteiger partial charge in [0.2, 0.25) is 0 Å². The van der Waals surface area contributed by atoms with Gasteiger partial charge in [0.1, 0.15) is 18.5 Å². The third kappa shape index (κ3) is 4.72. The zero-order chi connectivity index (χ0) is 12.8. The van der Waals surface area contributed by atoms with E-state index in [9.17, 15) is 5.11 Å². The molecule has 0 aliphatic carbocycles. The summed E-state index contributed by atoms with van der Waals surface area (Å²) in [5.41, 5.74) is 0. The highest BCUT2D eigenvalue weighted by Crippen LogP contribution is 2.13. The predicted octanol–water partition coefficient (Wildman–Crippen LogP) is 1.36. The van der Waals surface area contributed by atoms with E-state index in [1.807, 2.05) is 24.3 Å². The third-order valence-electron chi connectivity index (χ3n) is 2.83. The molecule has 1 saturated heterocycles. The van der Waals surface area contributed by atoms with Crippen molar-refractivity contribution in [2.24, 2.45) is 0 Å². The zero-order valence-corrected chi connectivity index (χ0v) is 12.4. The first kappa shape index (κ1) is 14.0. The SMILES string of the molecule is OC(COc1ccc(I)cc1)CN1CCOCC1. The topological polar surface area (TPSA) is 41.9 Å². The summed E-state index contributed by atoms with van der Waals surface area (Å²) in [4.78, 5) is 2.20. The fourth-order valence-corrected chi connectivity index (χ4v) is 2.22. The van der Waals surface area contributed by atoms with Gasteiger partial charge in [0.15, 0.2) is 0 Å². The summed E-state index contributed by atoms with van der Waals surface area (Å²) in [6.07, 6.45) is -0.456. The molecule has 0 aromatic heterocycles. The summed E-state index contributed by atoms with van der Waals surface area (Å²) in [5.74, 6) is 0.802. The fraction of sp³-hybridized carbons (Fsp3) is 0.538. The highest BCUT2D eigenvalue weighted by Gasteiger charge is 2.15. The van der Waals surface area contributed by atoms with Gasteiger partial charge in [-0.1, -0.05) is 0 Å². The van der Waals surface area contributed by atoms with Gasteiger partial charge >= 0.3 is 0 Å². The van der Waals surface area contributed by atoms with Crippen molar-refractivity contribution in [3.63, 3.8) is 0 Å². The number of benzene rings is 1. The largest absolute Gasteiger partial charge is 0.491 e. The number of morpholine rings is 1. The smallest absolute Gasteiger partial charge is 0.119 e. The van der Waals surface area contributed by atoms with Gasteiger partial charge in [0.25, 0.3) is 0 Å². The quantitative estimate of drug-likeness (QED) is 0.803. The number of nitrogens with zero attached hydrogens (tertiary/aromatic N) is 1. The molecule has 0 bridgehead atoms. The standard InChI is InChI=1S/C13H18INO3/c14-11-1-3-13(4-2-11)18-10-12(16)9-15-5-7-17-8-6-15/h1-4,12,16H,5-10H2. The summed E-state index contributed by atoms with van der Waals surface area (Å²) in [5, 5.41) is 9.91. The Labute approximate surface area is 121 Å². The van der Waals surface area contributed by atoms with Crippen molar-refractivity contribution in [2.45, 2.75) is 6.10 Å². The molecule has 1 fully saturated rings. The van der Waals surface area contributed by atoms with Crippen LogP contribution in [-0.2, 0) is 4.74 Å². The number of hydrogen-bond acceptors (Lipinski definition) is 4. The van der Waals surface area contributed by atoms with Crippen molar-refractivity contribution < 1.29 is 14.6 Å². The first-order valence-corrected chi connectivity index (χ1v) is 7.18. The van der Waals surface area contributed by atoms with E-state index in [1.165, 1.54) is 3.57 Å². The van der Waals surface area contributed by atoms with Gasteiger partial charge in [-0.15, -0.1) is 0 Å². The summed E-state index contributed by atoms with van der Waals surface area (Å²) in [6.45, 7) is 4.27. The maximum absolute atomic E-state index is 9.91. The van der Waals surface area contributed by atoms with Crippen LogP contribution in [-0.4, -0.2) is 55.6 Å². The lowest BCUT2D eigenvalue weighted by Gasteiger charge is -2.28. The van der Waals surface area contributed by atoms with Crippen LogP contribution in [0.2, 0.25) is 0 Å². The van der Waals surface area contributed by atoms with Crippen molar-refractivity contribution >= 4 is 22.6 Å². The van der Waals surface area contributed by atoms with Crippen LogP contribution in [0.5, 0.6) is 5.75 Å². The van der Waals surface area contributed by atoms with E-state index in [0.29, 0.717) is 13.2 Å².